The van der Waals surface area contributed by atoms with Crippen LogP contribution in [0.4, 0.5) is 19.1 Å². The Hall–Kier alpha value is -2.89. The van der Waals surface area contributed by atoms with Crippen LogP contribution in [0, 0.1) is 0 Å². The predicted octanol–water partition coefficient (Wildman–Crippen LogP) is 2.39. The van der Waals surface area contributed by atoms with Crippen molar-refractivity contribution in [1.82, 2.24) is 9.97 Å². The SMILES string of the molecule is C[C@H](Oc1ccc(C(F)(F)F)cc1-c1cnc(NS(C)(=O)=O)nc1)C(=O)O. The van der Waals surface area contributed by atoms with Crippen molar-refractivity contribution in [2.45, 2.75) is 19.2 Å². The minimum absolute atomic E-state index is 0.0766. The summed E-state index contributed by atoms with van der Waals surface area (Å²) in [5.74, 6) is -1.69. The molecule has 27 heavy (non-hydrogen) atoms. The van der Waals surface area contributed by atoms with Crippen molar-refractivity contribution in [2.24, 2.45) is 0 Å². The molecule has 146 valence electrons. The van der Waals surface area contributed by atoms with E-state index in [1.807, 2.05) is 4.72 Å². The quantitative estimate of drug-likeness (QED) is 0.757. The number of halogens is 3. The van der Waals surface area contributed by atoms with E-state index in [0.29, 0.717) is 0 Å². The molecule has 2 N–H and O–H groups in total. The number of hydrogen-bond acceptors (Lipinski definition) is 6. The lowest BCUT2D eigenvalue weighted by atomic mass is 10.0. The predicted molar refractivity (Wildman–Crippen MR) is 88.7 cm³/mol. The van der Waals surface area contributed by atoms with Crippen molar-refractivity contribution >= 4 is 21.9 Å². The van der Waals surface area contributed by atoms with Crippen LogP contribution in [0.1, 0.15) is 12.5 Å². The van der Waals surface area contributed by atoms with Gasteiger partial charge in [0.15, 0.2) is 6.10 Å². The number of alkyl halides is 3. The van der Waals surface area contributed by atoms with Crippen LogP contribution in [-0.4, -0.2) is 41.8 Å². The molecule has 0 radical (unpaired) electrons. The zero-order chi connectivity index (χ0) is 20.4. The molecule has 0 amide bonds. The Labute approximate surface area is 152 Å². The lowest BCUT2D eigenvalue weighted by molar-refractivity contribution is -0.144. The van der Waals surface area contributed by atoms with Gasteiger partial charge in [0, 0.05) is 23.5 Å². The lowest BCUT2D eigenvalue weighted by Gasteiger charge is -2.16. The summed E-state index contributed by atoms with van der Waals surface area (Å²) < 4.78 is 68.6. The average Bonchev–Trinajstić information content (AvgIpc) is 2.53. The van der Waals surface area contributed by atoms with E-state index in [9.17, 15) is 26.4 Å². The number of carboxylic acid groups (broad SMARTS) is 1. The number of rotatable bonds is 6. The molecule has 1 atom stereocenters. The second-order valence-corrected chi connectivity index (χ2v) is 7.23. The summed E-state index contributed by atoms with van der Waals surface area (Å²) in [6.07, 6.45) is -2.88. The number of aliphatic carboxylic acids is 1. The number of anilines is 1. The third kappa shape index (κ3) is 5.54. The molecule has 1 aromatic carbocycles. The van der Waals surface area contributed by atoms with Gasteiger partial charge in [-0.2, -0.15) is 13.2 Å². The van der Waals surface area contributed by atoms with Crippen LogP contribution < -0.4 is 9.46 Å². The average molecular weight is 405 g/mol. The fourth-order valence-corrected chi connectivity index (χ4v) is 2.40. The van der Waals surface area contributed by atoms with E-state index in [4.69, 9.17) is 9.84 Å². The first-order valence-electron chi connectivity index (χ1n) is 7.28. The van der Waals surface area contributed by atoms with E-state index in [0.717, 1.165) is 36.8 Å². The second kappa shape index (κ2) is 7.39. The number of ether oxygens (including phenoxy) is 1. The molecule has 0 unspecified atom stereocenters. The van der Waals surface area contributed by atoms with Crippen molar-refractivity contribution in [3.05, 3.63) is 36.2 Å². The fourth-order valence-electron chi connectivity index (χ4n) is 1.96. The molecule has 0 saturated carbocycles. The number of hydrogen-bond donors (Lipinski definition) is 2. The Morgan fingerprint density at radius 3 is 2.33 bits per heavy atom. The van der Waals surface area contributed by atoms with Gasteiger partial charge in [0.25, 0.3) is 0 Å². The number of nitrogens with one attached hydrogen (secondary N) is 1. The van der Waals surface area contributed by atoms with Gasteiger partial charge in [0.1, 0.15) is 5.75 Å². The van der Waals surface area contributed by atoms with Crippen LogP contribution in [0.5, 0.6) is 5.75 Å². The Kier molecular flexibility index (Phi) is 5.59. The van der Waals surface area contributed by atoms with Crippen LogP contribution in [0.3, 0.4) is 0 Å². The molecule has 0 aliphatic heterocycles. The Morgan fingerprint density at radius 1 is 1.26 bits per heavy atom. The fraction of sp³-hybridized carbons (Fsp3) is 0.267. The van der Waals surface area contributed by atoms with Crippen LogP contribution in [0.2, 0.25) is 0 Å². The molecule has 0 fully saturated rings. The molecule has 1 aromatic heterocycles. The van der Waals surface area contributed by atoms with E-state index in [-0.39, 0.29) is 22.8 Å². The standard InChI is InChI=1S/C15H14F3N3O5S/c1-8(13(22)23)26-12-4-3-10(15(16,17)18)5-11(12)9-6-19-14(20-7-9)21-27(2,24)25/h3-8H,1-2H3,(H,22,23)(H,19,20,21)/t8-/m0/s1. The van der Waals surface area contributed by atoms with E-state index < -0.39 is 33.8 Å². The molecule has 2 rings (SSSR count). The molecule has 0 bridgehead atoms. The maximum absolute atomic E-state index is 13.0. The first-order chi connectivity index (χ1) is 12.4. The summed E-state index contributed by atoms with van der Waals surface area (Å²) in [6, 6.07) is 2.53. The highest BCUT2D eigenvalue weighted by molar-refractivity contribution is 7.91. The van der Waals surface area contributed by atoms with Crippen molar-refractivity contribution in [2.75, 3.05) is 11.0 Å². The third-order valence-electron chi connectivity index (χ3n) is 3.20. The van der Waals surface area contributed by atoms with Crippen molar-refractivity contribution in [3.8, 4) is 16.9 Å². The number of sulfonamides is 1. The Morgan fingerprint density at radius 2 is 1.85 bits per heavy atom. The van der Waals surface area contributed by atoms with Gasteiger partial charge in [-0.3, -0.25) is 4.72 Å². The summed E-state index contributed by atoms with van der Waals surface area (Å²) in [5, 5.41) is 8.94. The number of carbonyl (C=O) groups is 1. The molecule has 0 spiro atoms. The van der Waals surface area contributed by atoms with Crippen LogP contribution >= 0.6 is 0 Å². The minimum Gasteiger partial charge on any atom is -0.479 e. The number of nitrogens with zero attached hydrogens (tertiary/aromatic N) is 2. The monoisotopic (exact) mass is 405 g/mol. The molecule has 8 nitrogen and oxygen atoms in total. The summed E-state index contributed by atoms with van der Waals surface area (Å²) in [5.41, 5.74) is -0.997. The van der Waals surface area contributed by atoms with Gasteiger partial charge in [-0.05, 0) is 25.1 Å². The van der Waals surface area contributed by atoms with Crippen molar-refractivity contribution < 1.29 is 36.2 Å². The summed E-state index contributed by atoms with van der Waals surface area (Å²) in [6.45, 7) is 1.22. The maximum atomic E-state index is 13.0. The van der Waals surface area contributed by atoms with E-state index in [1.165, 1.54) is 6.92 Å². The summed E-state index contributed by atoms with van der Waals surface area (Å²) >= 11 is 0. The maximum Gasteiger partial charge on any atom is 0.416 e. The highest BCUT2D eigenvalue weighted by Crippen LogP contribution is 2.37. The van der Waals surface area contributed by atoms with E-state index >= 15 is 0 Å². The topological polar surface area (TPSA) is 118 Å². The largest absolute Gasteiger partial charge is 0.479 e. The molecular weight excluding hydrogens is 391 g/mol. The molecule has 0 aliphatic carbocycles. The molecular formula is C15H14F3N3O5S. The first kappa shape index (κ1) is 20.4. The molecule has 12 heteroatoms. The van der Waals surface area contributed by atoms with Gasteiger partial charge in [-0.15, -0.1) is 0 Å². The van der Waals surface area contributed by atoms with Gasteiger partial charge in [0.05, 0.1) is 11.8 Å². The van der Waals surface area contributed by atoms with Gasteiger partial charge >= 0.3 is 12.1 Å². The van der Waals surface area contributed by atoms with Gasteiger partial charge in [-0.1, -0.05) is 0 Å². The smallest absolute Gasteiger partial charge is 0.416 e. The van der Waals surface area contributed by atoms with Crippen LogP contribution in [0.25, 0.3) is 11.1 Å². The van der Waals surface area contributed by atoms with Gasteiger partial charge in [0.2, 0.25) is 16.0 Å². The Balaban J connectivity index is 2.49. The van der Waals surface area contributed by atoms with E-state index in [1.54, 1.807) is 0 Å². The van der Waals surface area contributed by atoms with Crippen molar-refractivity contribution in [1.29, 1.82) is 0 Å². The molecule has 0 saturated heterocycles. The highest BCUT2D eigenvalue weighted by atomic mass is 32.2. The lowest BCUT2D eigenvalue weighted by Crippen LogP contribution is -2.23. The molecule has 0 aliphatic rings. The Bertz CT molecular complexity index is 946. The van der Waals surface area contributed by atoms with Crippen molar-refractivity contribution in [3.63, 3.8) is 0 Å². The number of aromatic nitrogens is 2. The first-order valence-corrected chi connectivity index (χ1v) is 9.17. The minimum atomic E-state index is -4.63. The molecule has 1 heterocycles. The summed E-state index contributed by atoms with van der Waals surface area (Å²) in [7, 11) is -3.63. The van der Waals surface area contributed by atoms with Gasteiger partial charge in [-0.25, -0.2) is 23.2 Å². The third-order valence-corrected chi connectivity index (χ3v) is 3.75. The zero-order valence-corrected chi connectivity index (χ0v) is 14.8. The second-order valence-electron chi connectivity index (χ2n) is 5.48. The highest BCUT2D eigenvalue weighted by Gasteiger charge is 2.31. The number of carboxylic acids is 1. The summed E-state index contributed by atoms with van der Waals surface area (Å²) in [4.78, 5) is 18.4. The zero-order valence-electron chi connectivity index (χ0n) is 14.0. The molecule has 2 aromatic rings. The van der Waals surface area contributed by atoms with Crippen LogP contribution in [-0.2, 0) is 21.0 Å². The van der Waals surface area contributed by atoms with Crippen LogP contribution in [0.15, 0.2) is 30.6 Å². The van der Waals surface area contributed by atoms with Gasteiger partial charge < -0.3 is 9.84 Å². The number of benzene rings is 1. The van der Waals surface area contributed by atoms with E-state index in [2.05, 4.69) is 9.97 Å². The normalized spacial score (nSPS) is 13.1.